The standard InChI is InChI=1S/C14H17Cl2NO/c1-14(2,10-17)8-3-4-9-18-12-7-5-6-11(15)13(12)16/h5-7H,3-4,8-9H2,1-2H3. The summed E-state index contributed by atoms with van der Waals surface area (Å²) >= 11 is 11.9. The van der Waals surface area contributed by atoms with Crippen LogP contribution in [0.3, 0.4) is 0 Å². The van der Waals surface area contributed by atoms with Gasteiger partial charge in [-0.15, -0.1) is 0 Å². The Labute approximate surface area is 118 Å². The predicted molar refractivity (Wildman–Crippen MR) is 75.2 cm³/mol. The fraction of sp³-hybridized carbons (Fsp3) is 0.500. The maximum atomic E-state index is 8.88. The summed E-state index contributed by atoms with van der Waals surface area (Å²) in [4.78, 5) is 0. The summed E-state index contributed by atoms with van der Waals surface area (Å²) in [5.74, 6) is 0.615. The fourth-order valence-electron chi connectivity index (χ4n) is 1.50. The van der Waals surface area contributed by atoms with Gasteiger partial charge in [0, 0.05) is 0 Å². The van der Waals surface area contributed by atoms with Gasteiger partial charge in [0.15, 0.2) is 0 Å². The first-order valence-corrected chi connectivity index (χ1v) is 6.70. The van der Waals surface area contributed by atoms with Crippen LogP contribution in [0.1, 0.15) is 33.1 Å². The Bertz CT molecular complexity index is 438. The first-order valence-electron chi connectivity index (χ1n) is 5.94. The highest BCUT2D eigenvalue weighted by atomic mass is 35.5. The number of ether oxygens (including phenoxy) is 1. The van der Waals surface area contributed by atoms with E-state index in [-0.39, 0.29) is 5.41 Å². The lowest BCUT2D eigenvalue weighted by molar-refractivity contribution is 0.295. The minimum absolute atomic E-state index is 0.256. The molecule has 4 heteroatoms. The average Bonchev–Trinajstić information content (AvgIpc) is 2.34. The molecular formula is C14H17Cl2NO. The largest absolute Gasteiger partial charge is 0.492 e. The normalized spacial score (nSPS) is 11.1. The van der Waals surface area contributed by atoms with Gasteiger partial charge in [-0.3, -0.25) is 0 Å². The lowest BCUT2D eigenvalue weighted by Crippen LogP contribution is -2.08. The monoisotopic (exact) mass is 285 g/mol. The van der Waals surface area contributed by atoms with Crippen LogP contribution in [0.5, 0.6) is 5.75 Å². The third kappa shape index (κ3) is 4.76. The second-order valence-corrected chi connectivity index (χ2v) is 5.64. The Hall–Kier alpha value is -0.910. The Morgan fingerprint density at radius 1 is 1.28 bits per heavy atom. The summed E-state index contributed by atoms with van der Waals surface area (Å²) < 4.78 is 5.57. The Morgan fingerprint density at radius 2 is 2.00 bits per heavy atom. The molecule has 0 spiro atoms. The highest BCUT2D eigenvalue weighted by Crippen LogP contribution is 2.31. The van der Waals surface area contributed by atoms with Crippen molar-refractivity contribution in [3.05, 3.63) is 28.2 Å². The number of benzene rings is 1. The van der Waals surface area contributed by atoms with Crippen LogP contribution in [-0.2, 0) is 0 Å². The van der Waals surface area contributed by atoms with Gasteiger partial charge < -0.3 is 4.74 Å². The molecule has 0 aromatic heterocycles. The van der Waals surface area contributed by atoms with Crippen molar-refractivity contribution in [2.24, 2.45) is 5.41 Å². The molecule has 1 rings (SSSR count). The number of nitrogens with zero attached hydrogens (tertiary/aromatic N) is 1. The molecule has 0 aliphatic carbocycles. The summed E-state index contributed by atoms with van der Waals surface area (Å²) in [6, 6.07) is 7.62. The van der Waals surface area contributed by atoms with Gasteiger partial charge in [0.05, 0.1) is 23.1 Å². The van der Waals surface area contributed by atoms with Gasteiger partial charge in [-0.1, -0.05) is 29.3 Å². The Balaban J connectivity index is 2.31. The molecule has 0 heterocycles. The van der Waals surface area contributed by atoms with Crippen LogP contribution in [0.4, 0.5) is 0 Å². The average molecular weight is 286 g/mol. The first kappa shape index (κ1) is 15.1. The molecule has 0 unspecified atom stereocenters. The van der Waals surface area contributed by atoms with Gasteiger partial charge in [0.25, 0.3) is 0 Å². The van der Waals surface area contributed by atoms with Crippen LogP contribution in [0.25, 0.3) is 0 Å². The van der Waals surface area contributed by atoms with Gasteiger partial charge in [-0.05, 0) is 45.2 Å². The molecule has 2 nitrogen and oxygen atoms in total. The van der Waals surface area contributed by atoms with Crippen LogP contribution in [-0.4, -0.2) is 6.61 Å². The third-order valence-corrected chi connectivity index (χ3v) is 3.47. The molecule has 0 saturated carbocycles. The maximum absolute atomic E-state index is 8.88. The van der Waals surface area contributed by atoms with E-state index in [0.717, 1.165) is 19.3 Å². The van der Waals surface area contributed by atoms with E-state index in [1.54, 1.807) is 12.1 Å². The second-order valence-electron chi connectivity index (χ2n) is 4.85. The molecule has 1 aromatic rings. The number of unbranched alkanes of at least 4 members (excludes halogenated alkanes) is 1. The summed E-state index contributed by atoms with van der Waals surface area (Å²) in [5.41, 5.74) is -0.256. The maximum Gasteiger partial charge on any atom is 0.139 e. The summed E-state index contributed by atoms with van der Waals surface area (Å²) in [6.45, 7) is 4.48. The third-order valence-electron chi connectivity index (χ3n) is 2.67. The Morgan fingerprint density at radius 3 is 2.67 bits per heavy atom. The zero-order valence-corrected chi connectivity index (χ0v) is 12.2. The van der Waals surface area contributed by atoms with E-state index in [9.17, 15) is 0 Å². The zero-order valence-electron chi connectivity index (χ0n) is 10.7. The van der Waals surface area contributed by atoms with Crippen LogP contribution >= 0.6 is 23.2 Å². The smallest absolute Gasteiger partial charge is 0.139 e. The van der Waals surface area contributed by atoms with Crippen molar-refractivity contribution in [1.29, 1.82) is 5.26 Å². The van der Waals surface area contributed by atoms with Gasteiger partial charge in [0.2, 0.25) is 0 Å². The molecule has 18 heavy (non-hydrogen) atoms. The Kier molecular flexibility index (Phi) is 5.78. The van der Waals surface area contributed by atoms with Crippen molar-refractivity contribution < 1.29 is 4.74 Å². The molecule has 0 radical (unpaired) electrons. The van der Waals surface area contributed by atoms with Crippen molar-refractivity contribution in [1.82, 2.24) is 0 Å². The molecule has 0 amide bonds. The number of halogens is 2. The molecule has 1 aromatic carbocycles. The number of rotatable bonds is 6. The lowest BCUT2D eigenvalue weighted by Gasteiger charge is -2.14. The molecule has 0 saturated heterocycles. The van der Waals surface area contributed by atoms with E-state index in [2.05, 4.69) is 6.07 Å². The van der Waals surface area contributed by atoms with Crippen molar-refractivity contribution in [3.63, 3.8) is 0 Å². The molecular weight excluding hydrogens is 269 g/mol. The first-order chi connectivity index (χ1) is 8.46. The van der Waals surface area contributed by atoms with Crippen molar-refractivity contribution in [2.45, 2.75) is 33.1 Å². The van der Waals surface area contributed by atoms with Crippen LogP contribution in [0, 0.1) is 16.7 Å². The van der Waals surface area contributed by atoms with E-state index >= 15 is 0 Å². The molecule has 0 aliphatic heterocycles. The minimum Gasteiger partial charge on any atom is -0.492 e. The van der Waals surface area contributed by atoms with Crippen LogP contribution in [0.15, 0.2) is 18.2 Å². The predicted octanol–water partition coefficient (Wildman–Crippen LogP) is 5.09. The quantitative estimate of drug-likeness (QED) is 0.682. The van der Waals surface area contributed by atoms with Gasteiger partial charge >= 0.3 is 0 Å². The summed E-state index contributed by atoms with van der Waals surface area (Å²) in [7, 11) is 0. The van der Waals surface area contributed by atoms with Gasteiger partial charge in [-0.25, -0.2) is 0 Å². The summed E-state index contributed by atoms with van der Waals surface area (Å²) in [6.07, 6.45) is 2.73. The molecule has 0 N–H and O–H groups in total. The van der Waals surface area contributed by atoms with E-state index in [1.807, 2.05) is 19.9 Å². The topological polar surface area (TPSA) is 33.0 Å². The highest BCUT2D eigenvalue weighted by Gasteiger charge is 2.15. The van der Waals surface area contributed by atoms with E-state index in [4.69, 9.17) is 33.2 Å². The van der Waals surface area contributed by atoms with E-state index in [1.165, 1.54) is 0 Å². The van der Waals surface area contributed by atoms with E-state index in [0.29, 0.717) is 22.4 Å². The fourth-order valence-corrected chi connectivity index (χ4v) is 1.85. The number of hydrogen-bond donors (Lipinski definition) is 0. The number of nitriles is 1. The van der Waals surface area contributed by atoms with Crippen molar-refractivity contribution in [2.75, 3.05) is 6.61 Å². The molecule has 0 atom stereocenters. The van der Waals surface area contributed by atoms with E-state index < -0.39 is 0 Å². The minimum atomic E-state index is -0.256. The van der Waals surface area contributed by atoms with Gasteiger partial charge in [0.1, 0.15) is 10.8 Å². The van der Waals surface area contributed by atoms with Crippen LogP contribution in [0.2, 0.25) is 10.0 Å². The van der Waals surface area contributed by atoms with Crippen LogP contribution < -0.4 is 4.74 Å². The highest BCUT2D eigenvalue weighted by molar-refractivity contribution is 6.42. The molecule has 0 bridgehead atoms. The van der Waals surface area contributed by atoms with Gasteiger partial charge in [-0.2, -0.15) is 5.26 Å². The van der Waals surface area contributed by atoms with Crippen molar-refractivity contribution >= 4 is 23.2 Å². The lowest BCUT2D eigenvalue weighted by atomic mass is 9.89. The van der Waals surface area contributed by atoms with Crippen molar-refractivity contribution in [3.8, 4) is 11.8 Å². The molecule has 0 fully saturated rings. The zero-order chi connectivity index (χ0) is 13.6. The molecule has 0 aliphatic rings. The summed E-state index contributed by atoms with van der Waals surface area (Å²) in [5, 5.41) is 9.84. The second kappa shape index (κ2) is 6.87. The number of hydrogen-bond acceptors (Lipinski definition) is 2. The molecule has 98 valence electrons. The SMILES string of the molecule is CC(C)(C#N)CCCCOc1cccc(Cl)c1Cl.